The van der Waals surface area contributed by atoms with Crippen LogP contribution in [0.5, 0.6) is 0 Å². The number of hydrogen-bond donors (Lipinski definition) is 1. The maximum atomic E-state index is 9.80. The zero-order chi connectivity index (χ0) is 15.0. The minimum atomic E-state index is -0.473. The second-order valence-corrected chi connectivity index (χ2v) is 8.60. The summed E-state index contributed by atoms with van der Waals surface area (Å²) in [4.78, 5) is 0. The van der Waals surface area contributed by atoms with Gasteiger partial charge >= 0.3 is 0 Å². The first-order valence-electron chi connectivity index (χ1n) is 7.11. The van der Waals surface area contributed by atoms with Gasteiger partial charge in [0.25, 0.3) is 0 Å². The molecule has 0 aliphatic heterocycles. The molecule has 1 aliphatic carbocycles. The molecule has 0 unspecified atom stereocenters. The molecule has 2 rings (SSSR count). The van der Waals surface area contributed by atoms with Crippen molar-refractivity contribution >= 4 is 21.6 Å². The fourth-order valence-electron chi connectivity index (χ4n) is 4.12. The van der Waals surface area contributed by atoms with Crippen molar-refractivity contribution in [2.45, 2.75) is 52.5 Å². The third-order valence-electron chi connectivity index (χ3n) is 3.96. The van der Waals surface area contributed by atoms with Crippen molar-refractivity contribution in [2.75, 3.05) is 5.32 Å². The molecule has 3 heteroatoms. The van der Waals surface area contributed by atoms with Crippen LogP contribution in [0.2, 0.25) is 0 Å². The number of hydrogen-bond acceptors (Lipinski definition) is 2. The molecule has 0 saturated heterocycles. The molecule has 0 radical (unpaired) electrons. The van der Waals surface area contributed by atoms with Crippen molar-refractivity contribution in [2.24, 2.45) is 10.8 Å². The molecule has 0 heterocycles. The first-order valence-corrected chi connectivity index (χ1v) is 7.90. The smallest absolute Gasteiger partial charge is 0.126 e. The molecule has 2 nitrogen and oxygen atoms in total. The Balaban J connectivity index is 2.29. The van der Waals surface area contributed by atoms with E-state index in [9.17, 15) is 5.26 Å². The average molecular weight is 335 g/mol. The Bertz CT molecular complexity index is 507. The van der Waals surface area contributed by atoms with Crippen molar-refractivity contribution in [3.63, 3.8) is 0 Å². The summed E-state index contributed by atoms with van der Waals surface area (Å²) in [6.07, 6.45) is 2.93. The quantitative estimate of drug-likeness (QED) is 0.790. The number of nitrogens with zero attached hydrogens (tertiary/aromatic N) is 1. The topological polar surface area (TPSA) is 35.8 Å². The van der Waals surface area contributed by atoms with E-state index in [1.807, 2.05) is 24.3 Å². The molecular formula is C17H23BrN2. The van der Waals surface area contributed by atoms with E-state index in [-0.39, 0.29) is 10.8 Å². The van der Waals surface area contributed by atoms with Crippen molar-refractivity contribution in [3.8, 4) is 6.07 Å². The van der Waals surface area contributed by atoms with Gasteiger partial charge in [-0.25, -0.2) is 0 Å². The highest BCUT2D eigenvalue weighted by Crippen LogP contribution is 2.50. The molecule has 0 amide bonds. The van der Waals surface area contributed by atoms with Gasteiger partial charge in [0.2, 0.25) is 0 Å². The normalized spacial score (nSPS) is 22.8. The van der Waals surface area contributed by atoms with Crippen LogP contribution in [0.25, 0.3) is 0 Å². The Morgan fingerprint density at radius 1 is 1.00 bits per heavy atom. The maximum Gasteiger partial charge on any atom is 0.126 e. The van der Waals surface area contributed by atoms with Crippen molar-refractivity contribution in [1.82, 2.24) is 0 Å². The molecule has 108 valence electrons. The molecular weight excluding hydrogens is 312 g/mol. The summed E-state index contributed by atoms with van der Waals surface area (Å²) < 4.78 is 1.05. The Labute approximate surface area is 130 Å². The van der Waals surface area contributed by atoms with Crippen LogP contribution in [-0.2, 0) is 0 Å². The lowest BCUT2D eigenvalue weighted by molar-refractivity contribution is 0.0811. The molecule has 1 N–H and O–H groups in total. The third kappa shape index (κ3) is 3.55. The number of anilines is 1. The zero-order valence-electron chi connectivity index (χ0n) is 12.8. The van der Waals surface area contributed by atoms with Gasteiger partial charge in [-0.1, -0.05) is 43.6 Å². The number of nitrogens with one attached hydrogen (secondary N) is 1. The Hall–Kier alpha value is -1.01. The Morgan fingerprint density at radius 2 is 1.50 bits per heavy atom. The number of rotatable bonds is 2. The summed E-state index contributed by atoms with van der Waals surface area (Å²) in [5, 5.41) is 13.3. The predicted molar refractivity (Wildman–Crippen MR) is 87.5 cm³/mol. The number of benzene rings is 1. The van der Waals surface area contributed by atoms with Crippen LogP contribution in [-0.4, -0.2) is 5.54 Å². The van der Waals surface area contributed by atoms with E-state index in [1.54, 1.807) is 0 Å². The Morgan fingerprint density at radius 3 is 1.95 bits per heavy atom. The van der Waals surface area contributed by atoms with Crippen LogP contribution in [0.4, 0.5) is 5.69 Å². The fraction of sp³-hybridized carbons (Fsp3) is 0.588. The minimum absolute atomic E-state index is 0.180. The summed E-state index contributed by atoms with van der Waals surface area (Å²) in [6, 6.07) is 10.6. The van der Waals surface area contributed by atoms with Crippen LogP contribution in [0.15, 0.2) is 28.7 Å². The summed E-state index contributed by atoms with van der Waals surface area (Å²) >= 11 is 3.44. The molecule has 1 aromatic rings. The summed E-state index contributed by atoms with van der Waals surface area (Å²) in [5.74, 6) is 0. The number of halogens is 1. The van der Waals surface area contributed by atoms with Crippen LogP contribution in [0, 0.1) is 22.2 Å². The molecule has 1 aliphatic rings. The molecule has 1 aromatic carbocycles. The van der Waals surface area contributed by atoms with E-state index in [2.05, 4.69) is 55.0 Å². The van der Waals surface area contributed by atoms with Crippen LogP contribution in [0.1, 0.15) is 47.0 Å². The maximum absolute atomic E-state index is 9.80. The molecule has 0 atom stereocenters. The fourth-order valence-corrected chi connectivity index (χ4v) is 4.39. The molecule has 1 saturated carbocycles. The average Bonchev–Trinajstić information content (AvgIpc) is 2.28. The molecule has 0 bridgehead atoms. The highest BCUT2D eigenvalue weighted by molar-refractivity contribution is 9.10. The van der Waals surface area contributed by atoms with Crippen LogP contribution >= 0.6 is 15.9 Å². The highest BCUT2D eigenvalue weighted by Gasteiger charge is 2.47. The van der Waals surface area contributed by atoms with Gasteiger partial charge in [-0.15, -0.1) is 0 Å². The third-order valence-corrected chi connectivity index (χ3v) is 4.49. The van der Waals surface area contributed by atoms with Gasteiger partial charge in [0.05, 0.1) is 6.07 Å². The van der Waals surface area contributed by atoms with Gasteiger partial charge in [-0.2, -0.15) is 5.26 Å². The SMILES string of the molecule is CC1(C)CC(C)(C)CC(C#N)(Nc2ccc(Br)cc2)C1. The lowest BCUT2D eigenvalue weighted by atomic mass is 9.58. The molecule has 0 spiro atoms. The zero-order valence-corrected chi connectivity index (χ0v) is 14.3. The van der Waals surface area contributed by atoms with Gasteiger partial charge in [0.1, 0.15) is 5.54 Å². The largest absolute Gasteiger partial charge is 0.367 e. The molecule has 20 heavy (non-hydrogen) atoms. The summed E-state index contributed by atoms with van der Waals surface area (Å²) in [7, 11) is 0. The number of nitriles is 1. The molecule has 1 fully saturated rings. The molecule has 0 aromatic heterocycles. The van der Waals surface area contributed by atoms with Crippen LogP contribution in [0.3, 0.4) is 0 Å². The minimum Gasteiger partial charge on any atom is -0.367 e. The van der Waals surface area contributed by atoms with E-state index in [1.165, 1.54) is 0 Å². The van der Waals surface area contributed by atoms with E-state index >= 15 is 0 Å². The van der Waals surface area contributed by atoms with Gasteiger partial charge < -0.3 is 5.32 Å². The van der Waals surface area contributed by atoms with Crippen molar-refractivity contribution in [1.29, 1.82) is 5.26 Å². The van der Waals surface area contributed by atoms with Gasteiger partial charge in [0, 0.05) is 10.2 Å². The monoisotopic (exact) mass is 334 g/mol. The lowest BCUT2D eigenvalue weighted by Crippen LogP contribution is -2.50. The van der Waals surface area contributed by atoms with E-state index in [0.717, 1.165) is 29.4 Å². The van der Waals surface area contributed by atoms with Gasteiger partial charge in [-0.05, 0) is 54.4 Å². The van der Waals surface area contributed by atoms with Crippen molar-refractivity contribution in [3.05, 3.63) is 28.7 Å². The lowest BCUT2D eigenvalue weighted by Gasteiger charge is -2.49. The first kappa shape index (κ1) is 15.4. The highest BCUT2D eigenvalue weighted by atomic mass is 79.9. The Kier molecular flexibility index (Phi) is 3.90. The standard InChI is InChI=1S/C17H23BrN2/c1-15(2)9-16(3,4)11-17(10-15,12-19)20-14-7-5-13(18)6-8-14/h5-8,20H,9-11H2,1-4H3. The summed E-state index contributed by atoms with van der Waals surface area (Å²) in [5.41, 5.74) is 0.905. The summed E-state index contributed by atoms with van der Waals surface area (Å²) in [6.45, 7) is 9.07. The van der Waals surface area contributed by atoms with Gasteiger partial charge in [-0.3, -0.25) is 0 Å². The second-order valence-electron chi connectivity index (χ2n) is 7.68. The predicted octanol–water partition coefficient (Wildman–Crippen LogP) is 5.36. The van der Waals surface area contributed by atoms with E-state index in [0.29, 0.717) is 0 Å². The first-order chi connectivity index (χ1) is 9.15. The van der Waals surface area contributed by atoms with Crippen molar-refractivity contribution < 1.29 is 0 Å². The van der Waals surface area contributed by atoms with Crippen LogP contribution < -0.4 is 5.32 Å². The van der Waals surface area contributed by atoms with E-state index in [4.69, 9.17) is 0 Å². The second kappa shape index (κ2) is 5.07. The van der Waals surface area contributed by atoms with E-state index < -0.39 is 5.54 Å². The van der Waals surface area contributed by atoms with Gasteiger partial charge in [0.15, 0.2) is 0 Å².